The minimum Gasteiger partial charge on any atom is -0.374 e. The zero-order chi connectivity index (χ0) is 15.0. The van der Waals surface area contributed by atoms with Crippen LogP contribution in [-0.2, 0) is 6.54 Å². The summed E-state index contributed by atoms with van der Waals surface area (Å²) in [6, 6.07) is 3.31. The normalized spacial score (nSPS) is 11.0. The van der Waals surface area contributed by atoms with Gasteiger partial charge < -0.3 is 5.32 Å². The zero-order valence-electron chi connectivity index (χ0n) is 11.4. The molecular weight excluding hydrogens is 308 g/mol. The first-order chi connectivity index (χ1) is 10.0. The fourth-order valence-corrected chi connectivity index (χ4v) is 3.50. The minimum atomic E-state index is -0.372. The van der Waals surface area contributed by atoms with Gasteiger partial charge in [0.15, 0.2) is 0 Å². The van der Waals surface area contributed by atoms with Crippen LogP contribution >= 0.6 is 22.7 Å². The molecule has 0 aliphatic heterocycles. The van der Waals surface area contributed by atoms with Crippen LogP contribution in [0.4, 0.5) is 11.4 Å². The highest BCUT2D eigenvalue weighted by Gasteiger charge is 2.17. The molecule has 0 fully saturated rings. The molecular formula is C13H12N4O2S2. The largest absolute Gasteiger partial charge is 0.374 e. The molecule has 6 nitrogen and oxygen atoms in total. The lowest BCUT2D eigenvalue weighted by atomic mass is 10.2. The van der Waals surface area contributed by atoms with Crippen LogP contribution in [0.1, 0.15) is 15.7 Å². The molecule has 0 aliphatic carbocycles. The minimum absolute atomic E-state index is 0.0677. The molecule has 108 valence electrons. The van der Waals surface area contributed by atoms with Crippen molar-refractivity contribution in [2.75, 3.05) is 5.32 Å². The fraction of sp³-hybridized carbons (Fsp3) is 0.231. The fourth-order valence-electron chi connectivity index (χ4n) is 2.05. The van der Waals surface area contributed by atoms with E-state index in [0.717, 1.165) is 25.9 Å². The van der Waals surface area contributed by atoms with Crippen molar-refractivity contribution in [1.29, 1.82) is 0 Å². The third-order valence-electron chi connectivity index (χ3n) is 2.94. The predicted octanol–water partition coefficient (Wildman–Crippen LogP) is 3.89. The summed E-state index contributed by atoms with van der Waals surface area (Å²) in [5, 5.41) is 18.1. The van der Waals surface area contributed by atoms with Crippen molar-refractivity contribution in [2.45, 2.75) is 20.4 Å². The van der Waals surface area contributed by atoms with Crippen molar-refractivity contribution in [1.82, 2.24) is 9.97 Å². The third-order valence-corrected chi connectivity index (χ3v) is 4.69. The summed E-state index contributed by atoms with van der Waals surface area (Å²) in [6.45, 7) is 4.28. The van der Waals surface area contributed by atoms with Crippen molar-refractivity contribution >= 4 is 44.3 Å². The highest BCUT2D eigenvalue weighted by Crippen LogP contribution is 2.33. The van der Waals surface area contributed by atoms with Gasteiger partial charge in [0.25, 0.3) is 5.69 Å². The van der Waals surface area contributed by atoms with Gasteiger partial charge in [0.05, 0.1) is 37.4 Å². The second-order valence-electron chi connectivity index (χ2n) is 4.54. The Balaban J connectivity index is 1.95. The number of hydrogen-bond acceptors (Lipinski definition) is 7. The number of benzene rings is 1. The van der Waals surface area contributed by atoms with E-state index in [1.165, 1.54) is 11.3 Å². The van der Waals surface area contributed by atoms with E-state index >= 15 is 0 Å². The van der Waals surface area contributed by atoms with Gasteiger partial charge in [-0.25, -0.2) is 9.97 Å². The highest BCUT2D eigenvalue weighted by atomic mass is 32.1. The molecule has 1 aromatic carbocycles. The first-order valence-electron chi connectivity index (χ1n) is 6.23. The summed E-state index contributed by atoms with van der Waals surface area (Å²) < 4.78 is 0.828. The molecule has 1 N–H and O–H groups in total. The van der Waals surface area contributed by atoms with Crippen molar-refractivity contribution in [2.24, 2.45) is 0 Å². The van der Waals surface area contributed by atoms with Crippen LogP contribution in [0, 0.1) is 24.0 Å². The Labute approximate surface area is 128 Å². The van der Waals surface area contributed by atoms with Gasteiger partial charge >= 0.3 is 0 Å². The molecule has 2 heterocycles. The molecule has 0 spiro atoms. The zero-order valence-corrected chi connectivity index (χ0v) is 13.0. The van der Waals surface area contributed by atoms with Crippen molar-refractivity contribution in [3.8, 4) is 0 Å². The van der Waals surface area contributed by atoms with Gasteiger partial charge in [-0.1, -0.05) is 0 Å². The standard InChI is InChI=1S/C13H12N4O2S2/c1-7-15-9(6-20-7)5-14-10-3-11-13(21-8(2)16-11)4-12(10)17(18)19/h3-4,6,14H,5H2,1-2H3. The Hall–Kier alpha value is -2.06. The van der Waals surface area contributed by atoms with Gasteiger partial charge in [0.1, 0.15) is 5.69 Å². The molecule has 0 saturated carbocycles. The van der Waals surface area contributed by atoms with Crippen LogP contribution < -0.4 is 5.32 Å². The molecule has 0 aliphatic rings. The Kier molecular flexibility index (Phi) is 3.56. The Bertz CT molecular complexity index is 825. The number of rotatable bonds is 4. The molecule has 3 aromatic rings. The quantitative estimate of drug-likeness (QED) is 0.582. The second kappa shape index (κ2) is 5.38. The van der Waals surface area contributed by atoms with Gasteiger partial charge in [-0.2, -0.15) is 0 Å². The molecule has 2 aromatic heterocycles. The van der Waals surface area contributed by atoms with E-state index in [9.17, 15) is 10.1 Å². The number of nitro benzene ring substituents is 1. The molecule has 0 unspecified atom stereocenters. The van der Waals surface area contributed by atoms with Gasteiger partial charge in [-0.05, 0) is 19.9 Å². The number of aryl methyl sites for hydroxylation is 2. The van der Waals surface area contributed by atoms with E-state index in [-0.39, 0.29) is 10.6 Å². The van der Waals surface area contributed by atoms with Crippen LogP contribution in [0.15, 0.2) is 17.5 Å². The summed E-state index contributed by atoms with van der Waals surface area (Å²) in [5.41, 5.74) is 2.20. The number of thiazole rings is 2. The van der Waals surface area contributed by atoms with Crippen LogP contribution in [0.5, 0.6) is 0 Å². The smallest absolute Gasteiger partial charge is 0.293 e. The van der Waals surface area contributed by atoms with E-state index in [0.29, 0.717) is 12.2 Å². The van der Waals surface area contributed by atoms with Gasteiger partial charge in [0, 0.05) is 11.4 Å². The van der Waals surface area contributed by atoms with Crippen LogP contribution in [0.25, 0.3) is 10.2 Å². The summed E-state index contributed by atoms with van der Waals surface area (Å²) in [7, 11) is 0. The number of fused-ring (bicyclic) bond motifs is 1. The molecule has 3 rings (SSSR count). The number of nitrogens with one attached hydrogen (secondary N) is 1. The van der Waals surface area contributed by atoms with E-state index in [1.54, 1.807) is 23.5 Å². The van der Waals surface area contributed by atoms with E-state index in [2.05, 4.69) is 15.3 Å². The molecule has 21 heavy (non-hydrogen) atoms. The molecule has 0 amide bonds. The van der Waals surface area contributed by atoms with Crippen molar-refractivity contribution in [3.05, 3.63) is 43.3 Å². The first-order valence-corrected chi connectivity index (χ1v) is 7.93. The number of anilines is 1. The highest BCUT2D eigenvalue weighted by molar-refractivity contribution is 7.18. The maximum Gasteiger partial charge on any atom is 0.293 e. The van der Waals surface area contributed by atoms with Gasteiger partial charge in [-0.3, -0.25) is 10.1 Å². The molecule has 8 heteroatoms. The molecule has 0 radical (unpaired) electrons. The SMILES string of the molecule is Cc1nc(CNc2cc3nc(C)sc3cc2[N+](=O)[O-])cs1. The number of hydrogen-bond donors (Lipinski definition) is 1. The average molecular weight is 320 g/mol. The topological polar surface area (TPSA) is 81.0 Å². The lowest BCUT2D eigenvalue weighted by molar-refractivity contribution is -0.383. The maximum atomic E-state index is 11.2. The van der Waals surface area contributed by atoms with Gasteiger partial charge in [-0.15, -0.1) is 22.7 Å². The van der Waals surface area contributed by atoms with Crippen molar-refractivity contribution in [3.63, 3.8) is 0 Å². The molecule has 0 bridgehead atoms. The first kappa shape index (κ1) is 13.9. The van der Waals surface area contributed by atoms with Crippen LogP contribution in [-0.4, -0.2) is 14.9 Å². The number of nitro groups is 1. The number of nitrogens with zero attached hydrogens (tertiary/aromatic N) is 3. The Morgan fingerprint density at radius 1 is 1.29 bits per heavy atom. The van der Waals surface area contributed by atoms with Crippen LogP contribution in [0.2, 0.25) is 0 Å². The van der Waals surface area contributed by atoms with Crippen molar-refractivity contribution < 1.29 is 4.92 Å². The number of aromatic nitrogens is 2. The van der Waals surface area contributed by atoms with E-state index < -0.39 is 0 Å². The second-order valence-corrected chi connectivity index (χ2v) is 6.84. The molecule has 0 saturated heterocycles. The summed E-state index contributed by atoms with van der Waals surface area (Å²) in [5.74, 6) is 0. The molecule has 0 atom stereocenters. The summed E-state index contributed by atoms with van der Waals surface area (Å²) in [6.07, 6.45) is 0. The lowest BCUT2D eigenvalue weighted by Crippen LogP contribution is -2.03. The maximum absolute atomic E-state index is 11.2. The third kappa shape index (κ3) is 2.86. The van der Waals surface area contributed by atoms with Crippen LogP contribution in [0.3, 0.4) is 0 Å². The Morgan fingerprint density at radius 3 is 2.76 bits per heavy atom. The lowest BCUT2D eigenvalue weighted by Gasteiger charge is -2.05. The van der Waals surface area contributed by atoms with Gasteiger partial charge in [0.2, 0.25) is 0 Å². The average Bonchev–Trinajstić information content (AvgIpc) is 2.99. The predicted molar refractivity (Wildman–Crippen MR) is 85.2 cm³/mol. The monoisotopic (exact) mass is 320 g/mol. The summed E-state index contributed by atoms with van der Waals surface area (Å²) >= 11 is 3.02. The summed E-state index contributed by atoms with van der Waals surface area (Å²) in [4.78, 5) is 19.6. The van der Waals surface area contributed by atoms with E-state index in [1.807, 2.05) is 19.2 Å². The van der Waals surface area contributed by atoms with E-state index in [4.69, 9.17) is 0 Å². The Morgan fingerprint density at radius 2 is 2.10 bits per heavy atom.